The lowest BCUT2D eigenvalue weighted by molar-refractivity contribution is 0.185. The average Bonchev–Trinajstić information content (AvgIpc) is 2.73. The van der Waals surface area contributed by atoms with Crippen molar-refractivity contribution in [2.24, 2.45) is 0 Å². The first-order valence-electron chi connectivity index (χ1n) is 9.25. The van der Waals surface area contributed by atoms with Gasteiger partial charge < -0.3 is 4.74 Å². The number of methoxy groups -OCH3 is 1. The maximum Gasteiger partial charge on any atom is 0.137 e. The van der Waals surface area contributed by atoms with Gasteiger partial charge in [0.05, 0.1) is 7.11 Å². The van der Waals surface area contributed by atoms with Gasteiger partial charge in [0.15, 0.2) is 0 Å². The Hall–Kier alpha value is -2.21. The number of hydrogen-bond donors (Lipinski definition) is 0. The first kappa shape index (κ1) is 18.2. The minimum Gasteiger partial charge on any atom is -0.495 e. The van der Waals surface area contributed by atoms with Crippen LogP contribution in [0.3, 0.4) is 0 Å². The zero-order valence-electron chi connectivity index (χ0n) is 15.5. The van der Waals surface area contributed by atoms with Crippen molar-refractivity contribution in [3.63, 3.8) is 0 Å². The van der Waals surface area contributed by atoms with Gasteiger partial charge >= 0.3 is 0 Å². The topological polar surface area (TPSA) is 32.8 Å². The number of rotatable bonds is 5. The second-order valence-corrected chi connectivity index (χ2v) is 8.18. The van der Waals surface area contributed by atoms with Crippen molar-refractivity contribution >= 4 is 21.8 Å². The summed E-state index contributed by atoms with van der Waals surface area (Å²) in [4.78, 5) is 3.20. The molecule has 4 nitrogen and oxygen atoms in total. The lowest BCUT2D eigenvalue weighted by Crippen LogP contribution is -2.46. The van der Waals surface area contributed by atoms with Gasteiger partial charge in [-0.1, -0.05) is 60.7 Å². The van der Waals surface area contributed by atoms with Crippen molar-refractivity contribution in [2.75, 3.05) is 33.3 Å². The molecule has 1 aliphatic rings. The average molecular weight is 381 g/mol. The lowest BCUT2D eigenvalue weighted by atomic mass is 10.1. The molecule has 1 heterocycles. The van der Waals surface area contributed by atoms with E-state index in [1.807, 2.05) is 42.5 Å². The summed E-state index contributed by atoms with van der Waals surface area (Å²) in [5.74, 6) is 0.693. The molecular formula is C22H24N2O2S. The fourth-order valence-electron chi connectivity index (χ4n) is 3.59. The van der Waals surface area contributed by atoms with Crippen molar-refractivity contribution < 1.29 is 8.95 Å². The number of piperazine rings is 1. The molecule has 0 spiro atoms. The van der Waals surface area contributed by atoms with Gasteiger partial charge in [0.25, 0.3) is 0 Å². The van der Waals surface area contributed by atoms with E-state index in [1.165, 1.54) is 5.56 Å². The van der Waals surface area contributed by atoms with E-state index in [1.54, 1.807) is 7.11 Å². The molecule has 0 aromatic heterocycles. The van der Waals surface area contributed by atoms with Gasteiger partial charge in [-0.3, -0.25) is 4.90 Å². The first-order chi connectivity index (χ1) is 13.3. The second kappa shape index (κ2) is 8.21. The molecule has 0 saturated carbocycles. The number of hydrogen-bond acceptors (Lipinski definition) is 3. The van der Waals surface area contributed by atoms with Gasteiger partial charge in [-0.15, -0.1) is 0 Å². The highest BCUT2D eigenvalue weighted by Gasteiger charge is 2.25. The largest absolute Gasteiger partial charge is 0.495 e. The Balaban J connectivity index is 1.51. The lowest BCUT2D eigenvalue weighted by Gasteiger charge is -2.34. The maximum atomic E-state index is 13.4. The minimum absolute atomic E-state index is 0.693. The van der Waals surface area contributed by atoms with Gasteiger partial charge in [-0.2, -0.15) is 0 Å². The van der Waals surface area contributed by atoms with Gasteiger partial charge in [0.2, 0.25) is 0 Å². The highest BCUT2D eigenvalue weighted by Crippen LogP contribution is 2.32. The summed E-state index contributed by atoms with van der Waals surface area (Å²) in [6.45, 7) is 4.33. The minimum atomic E-state index is -1.24. The fourth-order valence-corrected chi connectivity index (χ4v) is 5.04. The third-order valence-corrected chi connectivity index (χ3v) is 6.66. The van der Waals surface area contributed by atoms with Crippen LogP contribution in [0.4, 0.5) is 0 Å². The van der Waals surface area contributed by atoms with E-state index in [0.29, 0.717) is 5.75 Å². The monoisotopic (exact) mass is 380 g/mol. The molecule has 0 amide bonds. The Morgan fingerprint density at radius 1 is 0.889 bits per heavy atom. The number of ether oxygens (including phenoxy) is 1. The first-order valence-corrected chi connectivity index (χ1v) is 10.4. The standard InChI is InChI=1S/C22H24N2O2S/c1-26-21-12-11-19-9-5-6-10-20(19)22(21)27(25)24-15-13-23(14-16-24)17-18-7-3-2-4-8-18/h2-12H,13-17H2,1H3/t27-/m1/s1. The summed E-state index contributed by atoms with van der Waals surface area (Å²) in [7, 11) is 0.406. The molecule has 27 heavy (non-hydrogen) atoms. The highest BCUT2D eigenvalue weighted by molar-refractivity contribution is 7.83. The van der Waals surface area contributed by atoms with E-state index >= 15 is 0 Å². The van der Waals surface area contributed by atoms with Crippen LogP contribution in [0, 0.1) is 0 Å². The third kappa shape index (κ3) is 3.90. The van der Waals surface area contributed by atoms with E-state index in [4.69, 9.17) is 4.74 Å². The summed E-state index contributed by atoms with van der Waals surface area (Å²) in [6.07, 6.45) is 0. The Kier molecular flexibility index (Phi) is 5.53. The Morgan fingerprint density at radius 3 is 2.33 bits per heavy atom. The van der Waals surface area contributed by atoms with Crippen LogP contribution in [0.2, 0.25) is 0 Å². The van der Waals surface area contributed by atoms with Gasteiger partial charge in [-0.05, 0) is 17.0 Å². The summed E-state index contributed by atoms with van der Waals surface area (Å²) in [5, 5.41) is 2.09. The molecule has 3 aromatic carbocycles. The zero-order valence-corrected chi connectivity index (χ0v) is 16.3. The quantitative estimate of drug-likeness (QED) is 0.677. The van der Waals surface area contributed by atoms with E-state index in [-0.39, 0.29) is 0 Å². The summed E-state index contributed by atoms with van der Waals surface area (Å²) >= 11 is 0. The molecule has 1 fully saturated rings. The molecule has 0 bridgehead atoms. The van der Waals surface area contributed by atoms with Crippen LogP contribution in [0.15, 0.2) is 71.6 Å². The fraction of sp³-hybridized carbons (Fsp3) is 0.273. The van der Waals surface area contributed by atoms with Crippen LogP contribution in [0.5, 0.6) is 5.75 Å². The molecule has 3 aromatic rings. The van der Waals surface area contributed by atoms with E-state index in [2.05, 4.69) is 33.5 Å². The van der Waals surface area contributed by atoms with Gasteiger partial charge in [-0.25, -0.2) is 8.51 Å². The second-order valence-electron chi connectivity index (χ2n) is 6.76. The van der Waals surface area contributed by atoms with Crippen molar-refractivity contribution in [2.45, 2.75) is 11.4 Å². The van der Waals surface area contributed by atoms with Crippen LogP contribution in [0.1, 0.15) is 5.56 Å². The molecule has 1 atom stereocenters. The SMILES string of the molecule is COc1ccc2ccccc2c1[S@@](=O)N1CCN(Cc2ccccc2)CC1. The summed E-state index contributed by atoms with van der Waals surface area (Å²) in [6, 6.07) is 22.5. The van der Waals surface area contributed by atoms with Crippen molar-refractivity contribution in [1.29, 1.82) is 0 Å². The van der Waals surface area contributed by atoms with Crippen molar-refractivity contribution in [1.82, 2.24) is 9.21 Å². The molecule has 5 heteroatoms. The zero-order chi connectivity index (χ0) is 18.6. The predicted molar refractivity (Wildman–Crippen MR) is 110 cm³/mol. The Morgan fingerprint density at radius 2 is 1.59 bits per heavy atom. The molecule has 0 N–H and O–H groups in total. The van der Waals surface area contributed by atoms with Crippen LogP contribution in [-0.2, 0) is 17.5 Å². The number of fused-ring (bicyclic) bond motifs is 1. The number of nitrogens with zero attached hydrogens (tertiary/aromatic N) is 2. The molecule has 0 radical (unpaired) electrons. The van der Waals surface area contributed by atoms with E-state index in [9.17, 15) is 4.21 Å². The molecule has 0 aliphatic carbocycles. The Bertz CT molecular complexity index is 937. The van der Waals surface area contributed by atoms with Crippen LogP contribution in [0.25, 0.3) is 10.8 Å². The molecule has 1 saturated heterocycles. The van der Waals surface area contributed by atoms with E-state index < -0.39 is 11.0 Å². The van der Waals surface area contributed by atoms with Gasteiger partial charge in [0, 0.05) is 38.1 Å². The third-order valence-electron chi connectivity index (χ3n) is 5.05. The molecule has 0 unspecified atom stereocenters. The number of benzene rings is 3. The van der Waals surface area contributed by atoms with Crippen LogP contribution >= 0.6 is 0 Å². The molecule has 4 rings (SSSR count). The Labute approximate surface area is 162 Å². The van der Waals surface area contributed by atoms with Crippen molar-refractivity contribution in [3.05, 3.63) is 72.3 Å². The van der Waals surface area contributed by atoms with Crippen LogP contribution < -0.4 is 4.74 Å². The molecule has 1 aliphatic heterocycles. The summed E-state index contributed by atoms with van der Waals surface area (Å²) in [5.41, 5.74) is 1.32. The van der Waals surface area contributed by atoms with Gasteiger partial charge in [0.1, 0.15) is 21.6 Å². The summed E-state index contributed by atoms with van der Waals surface area (Å²) < 4.78 is 21.0. The van der Waals surface area contributed by atoms with E-state index in [0.717, 1.165) is 48.4 Å². The maximum absolute atomic E-state index is 13.4. The predicted octanol–water partition coefficient (Wildman–Crippen LogP) is 3.69. The smallest absolute Gasteiger partial charge is 0.137 e. The highest BCUT2D eigenvalue weighted by atomic mass is 32.2. The molecular weight excluding hydrogens is 356 g/mol. The normalized spacial score (nSPS) is 17.1. The molecule has 140 valence electrons. The van der Waals surface area contributed by atoms with Crippen molar-refractivity contribution in [3.8, 4) is 5.75 Å². The van der Waals surface area contributed by atoms with Crippen LogP contribution in [-0.4, -0.2) is 46.7 Å².